The number of aromatic amines is 1. The zero-order chi connectivity index (χ0) is 17.3. The highest BCUT2D eigenvalue weighted by atomic mass is 35.5. The van der Waals surface area contributed by atoms with Crippen molar-refractivity contribution < 1.29 is 13.2 Å². The van der Waals surface area contributed by atoms with E-state index >= 15 is 0 Å². The predicted octanol–water partition coefficient (Wildman–Crippen LogP) is 4.08. The Hall–Kier alpha value is -2.92. The number of alkyl halides is 3. The van der Waals surface area contributed by atoms with Crippen LogP contribution in [0.4, 0.5) is 13.2 Å². The zero-order valence-electron chi connectivity index (χ0n) is 11.8. The summed E-state index contributed by atoms with van der Waals surface area (Å²) < 4.78 is 38.1. The normalized spacial score (nSPS) is 11.3. The summed E-state index contributed by atoms with van der Waals surface area (Å²) in [5.41, 5.74) is 0.860. The van der Waals surface area contributed by atoms with E-state index in [0.717, 1.165) is 12.3 Å². The fourth-order valence-electron chi connectivity index (χ4n) is 2.13. The van der Waals surface area contributed by atoms with E-state index in [1.54, 1.807) is 24.3 Å². The van der Waals surface area contributed by atoms with E-state index in [-0.39, 0.29) is 16.4 Å². The Balaban J connectivity index is 2.06. The second-order valence-corrected chi connectivity index (χ2v) is 5.19. The minimum atomic E-state index is -4.51. The number of hydrogen-bond donors (Lipinski definition) is 1. The van der Waals surface area contributed by atoms with Gasteiger partial charge in [0.2, 0.25) is 0 Å². The molecule has 0 amide bonds. The average molecular weight is 350 g/mol. The van der Waals surface area contributed by atoms with Crippen molar-refractivity contribution in [3.63, 3.8) is 0 Å². The van der Waals surface area contributed by atoms with E-state index in [0.29, 0.717) is 16.8 Å². The van der Waals surface area contributed by atoms with Gasteiger partial charge in [0.05, 0.1) is 16.3 Å². The van der Waals surface area contributed by atoms with Gasteiger partial charge in [-0.2, -0.15) is 18.4 Å². The summed E-state index contributed by atoms with van der Waals surface area (Å²) in [6.45, 7) is 0. The van der Waals surface area contributed by atoms with Crippen LogP contribution in [0.2, 0.25) is 5.02 Å². The van der Waals surface area contributed by atoms with Crippen LogP contribution in [-0.4, -0.2) is 20.4 Å². The number of nitrogens with zero attached hydrogens (tertiary/aromatic N) is 4. The Bertz CT molecular complexity index is 943. The van der Waals surface area contributed by atoms with E-state index in [1.807, 2.05) is 6.07 Å². The van der Waals surface area contributed by atoms with Crippen molar-refractivity contribution in [3.05, 3.63) is 52.8 Å². The topological polar surface area (TPSA) is 78.2 Å². The highest BCUT2D eigenvalue weighted by Crippen LogP contribution is 2.35. The minimum absolute atomic E-state index is 0.123. The quantitative estimate of drug-likeness (QED) is 0.756. The molecule has 1 aromatic carbocycles. The molecule has 0 spiro atoms. The van der Waals surface area contributed by atoms with Crippen LogP contribution in [0.25, 0.3) is 22.5 Å². The number of H-pyrrole nitrogens is 1. The molecule has 9 heteroatoms. The maximum absolute atomic E-state index is 12.7. The number of nitrogens with one attached hydrogen (secondary N) is 1. The monoisotopic (exact) mass is 349 g/mol. The fraction of sp³-hybridized carbons (Fsp3) is 0.0667. The molecule has 2 heterocycles. The molecule has 0 bridgehead atoms. The largest absolute Gasteiger partial charge is 0.417 e. The van der Waals surface area contributed by atoms with Crippen LogP contribution in [0, 0.1) is 11.3 Å². The average Bonchev–Trinajstić information content (AvgIpc) is 3.02. The number of halogens is 4. The van der Waals surface area contributed by atoms with Crippen LogP contribution in [0.3, 0.4) is 0 Å². The van der Waals surface area contributed by atoms with Gasteiger partial charge in [0, 0.05) is 17.3 Å². The van der Waals surface area contributed by atoms with Gasteiger partial charge >= 0.3 is 6.18 Å². The third-order valence-electron chi connectivity index (χ3n) is 3.24. The molecule has 120 valence electrons. The van der Waals surface area contributed by atoms with Crippen LogP contribution in [-0.2, 0) is 6.18 Å². The molecule has 5 nitrogen and oxygen atoms in total. The molecule has 2 aromatic heterocycles. The number of hydrogen-bond acceptors (Lipinski definition) is 4. The summed E-state index contributed by atoms with van der Waals surface area (Å²) >= 11 is 5.96. The third-order valence-corrected chi connectivity index (χ3v) is 3.53. The van der Waals surface area contributed by atoms with Crippen molar-refractivity contribution in [1.82, 2.24) is 20.4 Å². The van der Waals surface area contributed by atoms with Crippen molar-refractivity contribution in [3.8, 4) is 28.6 Å². The van der Waals surface area contributed by atoms with E-state index in [4.69, 9.17) is 16.9 Å². The Kier molecular flexibility index (Phi) is 3.95. The van der Waals surface area contributed by atoms with Gasteiger partial charge in [-0.1, -0.05) is 35.0 Å². The summed E-state index contributed by atoms with van der Waals surface area (Å²) in [6, 6.07) is 9.38. The summed E-state index contributed by atoms with van der Waals surface area (Å²) in [4.78, 5) is 3.82. The Labute approximate surface area is 138 Å². The van der Waals surface area contributed by atoms with Crippen molar-refractivity contribution in [1.29, 1.82) is 5.26 Å². The predicted molar refractivity (Wildman–Crippen MR) is 79.8 cm³/mol. The molecule has 0 radical (unpaired) electrons. The fourth-order valence-corrected chi connectivity index (χ4v) is 2.40. The first-order valence-corrected chi connectivity index (χ1v) is 6.92. The van der Waals surface area contributed by atoms with Crippen LogP contribution >= 0.6 is 11.6 Å². The van der Waals surface area contributed by atoms with Gasteiger partial charge in [-0.25, -0.2) is 5.10 Å². The van der Waals surface area contributed by atoms with Crippen LogP contribution in [0.1, 0.15) is 11.3 Å². The molecule has 0 unspecified atom stereocenters. The first kappa shape index (κ1) is 16.0. The number of rotatable bonds is 2. The van der Waals surface area contributed by atoms with E-state index in [2.05, 4.69) is 20.4 Å². The first-order chi connectivity index (χ1) is 11.4. The summed E-state index contributed by atoms with van der Waals surface area (Å²) in [6.07, 6.45) is -3.79. The number of benzene rings is 1. The summed E-state index contributed by atoms with van der Waals surface area (Å²) in [5.74, 6) is 0. The Morgan fingerprint density at radius 1 is 1.12 bits per heavy atom. The Morgan fingerprint density at radius 3 is 2.46 bits per heavy atom. The van der Waals surface area contributed by atoms with Crippen molar-refractivity contribution >= 4 is 11.6 Å². The zero-order valence-corrected chi connectivity index (χ0v) is 12.5. The molecule has 3 rings (SSSR count). The smallest absolute Gasteiger partial charge is 0.254 e. The van der Waals surface area contributed by atoms with Gasteiger partial charge in [0.1, 0.15) is 11.8 Å². The summed E-state index contributed by atoms with van der Waals surface area (Å²) in [5, 5.41) is 18.7. The first-order valence-electron chi connectivity index (χ1n) is 6.55. The lowest BCUT2D eigenvalue weighted by atomic mass is 10.0. The second kappa shape index (κ2) is 5.94. The molecular weight excluding hydrogens is 343 g/mol. The van der Waals surface area contributed by atoms with E-state index < -0.39 is 11.7 Å². The third kappa shape index (κ3) is 2.94. The van der Waals surface area contributed by atoms with E-state index in [1.165, 1.54) is 0 Å². The van der Waals surface area contributed by atoms with Gasteiger partial charge in [-0.15, -0.1) is 5.10 Å². The lowest BCUT2D eigenvalue weighted by Crippen LogP contribution is -2.05. The maximum atomic E-state index is 12.7. The van der Waals surface area contributed by atoms with Crippen molar-refractivity contribution in [2.75, 3.05) is 0 Å². The molecule has 1 N–H and O–H groups in total. The number of aromatic nitrogens is 4. The molecule has 24 heavy (non-hydrogen) atoms. The summed E-state index contributed by atoms with van der Waals surface area (Å²) in [7, 11) is 0. The molecule has 0 aliphatic carbocycles. The second-order valence-electron chi connectivity index (χ2n) is 4.78. The number of pyridine rings is 1. The molecule has 0 fully saturated rings. The lowest BCUT2D eigenvalue weighted by molar-refractivity contribution is -0.137. The van der Waals surface area contributed by atoms with Crippen LogP contribution in [0.15, 0.2) is 36.5 Å². The van der Waals surface area contributed by atoms with Crippen molar-refractivity contribution in [2.24, 2.45) is 0 Å². The van der Waals surface area contributed by atoms with Gasteiger partial charge in [-0.05, 0) is 12.1 Å². The molecule has 0 saturated carbocycles. The van der Waals surface area contributed by atoms with Crippen molar-refractivity contribution in [2.45, 2.75) is 6.18 Å². The maximum Gasteiger partial charge on any atom is 0.417 e. The van der Waals surface area contributed by atoms with Gasteiger partial charge in [-0.3, -0.25) is 4.98 Å². The molecular formula is C15H7ClF3N5. The Morgan fingerprint density at radius 2 is 1.83 bits per heavy atom. The number of nitriles is 1. The van der Waals surface area contributed by atoms with Gasteiger partial charge in [0.15, 0.2) is 5.69 Å². The molecule has 0 aliphatic heterocycles. The highest BCUT2D eigenvalue weighted by Gasteiger charge is 2.31. The SMILES string of the molecule is N#Cc1[nH]nnc1-c1cccc(-c2ncc(C(F)(F)F)cc2Cl)c1. The minimum Gasteiger partial charge on any atom is -0.254 e. The molecule has 0 atom stereocenters. The molecule has 0 aliphatic rings. The molecule has 3 aromatic rings. The van der Waals surface area contributed by atoms with Gasteiger partial charge < -0.3 is 0 Å². The molecule has 0 saturated heterocycles. The van der Waals surface area contributed by atoms with Gasteiger partial charge in [0.25, 0.3) is 0 Å². The van der Waals surface area contributed by atoms with Crippen LogP contribution in [0.5, 0.6) is 0 Å². The standard InChI is InChI=1S/C15H7ClF3N5/c16-11-5-10(15(17,18)19)7-21-13(11)8-2-1-3-9(4-8)14-12(6-20)22-24-23-14/h1-5,7H,(H,22,23,24). The lowest BCUT2D eigenvalue weighted by Gasteiger charge is -2.10. The highest BCUT2D eigenvalue weighted by molar-refractivity contribution is 6.33. The van der Waals surface area contributed by atoms with Crippen LogP contribution < -0.4 is 0 Å². The van der Waals surface area contributed by atoms with E-state index in [9.17, 15) is 13.2 Å².